The van der Waals surface area contributed by atoms with E-state index in [2.05, 4.69) is 25.7 Å². The molecule has 0 aliphatic carbocycles. The highest BCUT2D eigenvalue weighted by Gasteiger charge is 2.46. The normalized spacial score (nSPS) is 16.7. The zero-order chi connectivity index (χ0) is 29.2. The average Bonchev–Trinajstić information content (AvgIpc) is 3.20. The molecule has 2 aromatic carbocycles. The van der Waals surface area contributed by atoms with E-state index in [0.29, 0.717) is 48.1 Å². The molecule has 0 saturated carbocycles. The summed E-state index contributed by atoms with van der Waals surface area (Å²) in [5.74, 6) is 0.216. The molecule has 1 aliphatic heterocycles. The number of unbranched alkanes of at least 4 members (excludes halogenated alkanes) is 2. The Hall–Kier alpha value is -3.52. The van der Waals surface area contributed by atoms with Gasteiger partial charge in [0, 0.05) is 18.7 Å². The van der Waals surface area contributed by atoms with Crippen molar-refractivity contribution in [3.05, 3.63) is 59.2 Å². The SMILES string of the molecule is CCCCCOc1ccc(C2/C(=C(\O)c3ccc(OC(C)C)cc3)C(=O)C(=O)N2CCN(CC)CC)cc1OC. The van der Waals surface area contributed by atoms with Gasteiger partial charge in [-0.15, -0.1) is 0 Å². The van der Waals surface area contributed by atoms with Gasteiger partial charge in [0.05, 0.1) is 31.4 Å². The van der Waals surface area contributed by atoms with Gasteiger partial charge < -0.3 is 29.1 Å². The largest absolute Gasteiger partial charge is 0.507 e. The maximum Gasteiger partial charge on any atom is 0.295 e. The van der Waals surface area contributed by atoms with E-state index in [-0.39, 0.29) is 17.4 Å². The number of aliphatic hydroxyl groups excluding tert-OH is 1. The van der Waals surface area contributed by atoms with Gasteiger partial charge in [0.25, 0.3) is 11.7 Å². The van der Waals surface area contributed by atoms with Crippen LogP contribution in [0.2, 0.25) is 0 Å². The molecule has 218 valence electrons. The fourth-order valence-electron chi connectivity index (χ4n) is 4.87. The van der Waals surface area contributed by atoms with Crippen molar-refractivity contribution >= 4 is 17.4 Å². The van der Waals surface area contributed by atoms with E-state index in [1.807, 2.05) is 26.0 Å². The van der Waals surface area contributed by atoms with E-state index in [0.717, 1.165) is 32.4 Å². The van der Waals surface area contributed by atoms with Crippen molar-refractivity contribution in [2.75, 3.05) is 39.9 Å². The number of carbonyl (C=O) groups excluding carboxylic acids is 2. The second-order valence-electron chi connectivity index (χ2n) is 10.2. The monoisotopic (exact) mass is 552 g/mol. The van der Waals surface area contributed by atoms with Gasteiger partial charge in [-0.25, -0.2) is 0 Å². The number of rotatable bonds is 15. The molecule has 2 aromatic rings. The van der Waals surface area contributed by atoms with Crippen LogP contribution in [0.1, 0.15) is 71.0 Å². The molecule has 1 unspecified atom stereocenters. The molecule has 0 bridgehead atoms. The summed E-state index contributed by atoms with van der Waals surface area (Å²) in [4.78, 5) is 30.5. The summed E-state index contributed by atoms with van der Waals surface area (Å²) >= 11 is 0. The van der Waals surface area contributed by atoms with E-state index in [4.69, 9.17) is 14.2 Å². The average molecular weight is 553 g/mol. The minimum Gasteiger partial charge on any atom is -0.507 e. The lowest BCUT2D eigenvalue weighted by Gasteiger charge is -2.28. The Labute approximate surface area is 238 Å². The predicted octanol–water partition coefficient (Wildman–Crippen LogP) is 5.81. The van der Waals surface area contributed by atoms with Gasteiger partial charge >= 0.3 is 0 Å². The molecule has 8 nitrogen and oxygen atoms in total. The van der Waals surface area contributed by atoms with Crippen LogP contribution in [-0.4, -0.2) is 72.6 Å². The molecular weight excluding hydrogens is 508 g/mol. The Morgan fingerprint density at radius 1 is 1.00 bits per heavy atom. The van der Waals surface area contributed by atoms with Gasteiger partial charge in [-0.05, 0) is 75.3 Å². The first-order valence-corrected chi connectivity index (χ1v) is 14.3. The molecule has 1 fully saturated rings. The Bertz CT molecular complexity index is 1170. The lowest BCUT2D eigenvalue weighted by Crippen LogP contribution is -2.38. The number of benzene rings is 2. The van der Waals surface area contributed by atoms with Crippen molar-refractivity contribution in [2.45, 2.75) is 66.0 Å². The van der Waals surface area contributed by atoms with Crippen LogP contribution >= 0.6 is 0 Å². The number of aliphatic hydroxyl groups is 1. The Balaban J connectivity index is 2.05. The first-order valence-electron chi connectivity index (χ1n) is 14.3. The molecule has 1 heterocycles. The van der Waals surface area contributed by atoms with Gasteiger partial charge in [-0.2, -0.15) is 0 Å². The van der Waals surface area contributed by atoms with E-state index >= 15 is 0 Å². The third kappa shape index (κ3) is 7.36. The van der Waals surface area contributed by atoms with Crippen molar-refractivity contribution in [1.82, 2.24) is 9.80 Å². The molecule has 40 heavy (non-hydrogen) atoms. The zero-order valence-electron chi connectivity index (χ0n) is 24.7. The van der Waals surface area contributed by atoms with Crippen LogP contribution in [-0.2, 0) is 9.59 Å². The molecular formula is C32H44N2O6. The fourth-order valence-corrected chi connectivity index (χ4v) is 4.87. The zero-order valence-corrected chi connectivity index (χ0v) is 24.7. The van der Waals surface area contributed by atoms with Crippen LogP contribution < -0.4 is 14.2 Å². The number of hydrogen-bond donors (Lipinski definition) is 1. The highest BCUT2D eigenvalue weighted by molar-refractivity contribution is 6.46. The molecule has 0 radical (unpaired) electrons. The van der Waals surface area contributed by atoms with Crippen molar-refractivity contribution in [1.29, 1.82) is 0 Å². The molecule has 0 spiro atoms. The summed E-state index contributed by atoms with van der Waals surface area (Å²) in [6, 6.07) is 11.5. The Kier molecular flexibility index (Phi) is 11.4. The van der Waals surface area contributed by atoms with E-state index < -0.39 is 17.7 Å². The quantitative estimate of drug-likeness (QED) is 0.129. The van der Waals surface area contributed by atoms with Gasteiger partial charge in [-0.1, -0.05) is 39.7 Å². The van der Waals surface area contributed by atoms with Gasteiger partial charge in [0.1, 0.15) is 11.5 Å². The number of likely N-dealkylation sites (tertiary alicyclic amines) is 1. The van der Waals surface area contributed by atoms with Crippen molar-refractivity contribution in [2.24, 2.45) is 0 Å². The molecule has 0 aromatic heterocycles. The third-order valence-electron chi connectivity index (χ3n) is 7.10. The molecule has 1 saturated heterocycles. The summed E-state index contributed by atoms with van der Waals surface area (Å²) in [6.07, 6.45) is 3.11. The van der Waals surface area contributed by atoms with Crippen molar-refractivity contribution in [3.63, 3.8) is 0 Å². The maximum atomic E-state index is 13.4. The molecule has 1 amide bonds. The summed E-state index contributed by atoms with van der Waals surface area (Å²) in [5, 5.41) is 11.4. The number of methoxy groups -OCH3 is 1. The summed E-state index contributed by atoms with van der Waals surface area (Å²) in [7, 11) is 1.57. The second-order valence-corrected chi connectivity index (χ2v) is 10.2. The van der Waals surface area contributed by atoms with E-state index in [1.165, 1.54) is 0 Å². The molecule has 3 rings (SSSR count). The maximum absolute atomic E-state index is 13.4. The summed E-state index contributed by atoms with van der Waals surface area (Å²) in [5.41, 5.74) is 1.16. The molecule has 8 heteroatoms. The number of carbonyl (C=O) groups is 2. The van der Waals surface area contributed by atoms with Crippen LogP contribution in [0.25, 0.3) is 5.76 Å². The number of ether oxygens (including phenoxy) is 3. The third-order valence-corrected chi connectivity index (χ3v) is 7.10. The molecule has 1 atom stereocenters. The van der Waals surface area contributed by atoms with Crippen LogP contribution in [0.4, 0.5) is 0 Å². The summed E-state index contributed by atoms with van der Waals surface area (Å²) < 4.78 is 17.3. The van der Waals surface area contributed by atoms with Crippen LogP contribution in [0.15, 0.2) is 48.0 Å². The fraction of sp³-hybridized carbons (Fsp3) is 0.500. The first kappa shape index (κ1) is 31.0. The van der Waals surface area contributed by atoms with Gasteiger partial charge in [0.15, 0.2) is 11.5 Å². The van der Waals surface area contributed by atoms with E-state index in [9.17, 15) is 14.7 Å². The van der Waals surface area contributed by atoms with Crippen LogP contribution in [0.3, 0.4) is 0 Å². The minimum absolute atomic E-state index is 0.00385. The highest BCUT2D eigenvalue weighted by atomic mass is 16.5. The Morgan fingerprint density at radius 2 is 1.70 bits per heavy atom. The predicted molar refractivity (Wildman–Crippen MR) is 157 cm³/mol. The lowest BCUT2D eigenvalue weighted by atomic mass is 9.95. The standard InChI is InChI=1S/C32H44N2O6/c1-7-10-11-20-39-26-17-14-24(21-27(26)38-6)29-28(30(35)23-12-15-25(16-13-23)40-22(4)5)31(36)32(37)34(29)19-18-33(8-2)9-3/h12-17,21-22,29,35H,7-11,18-20H2,1-6H3/b30-28+. The van der Waals surface area contributed by atoms with Crippen LogP contribution in [0, 0.1) is 0 Å². The number of ketones is 1. The van der Waals surface area contributed by atoms with Crippen LogP contribution in [0.5, 0.6) is 17.2 Å². The van der Waals surface area contributed by atoms with E-state index in [1.54, 1.807) is 42.3 Å². The van der Waals surface area contributed by atoms with Gasteiger partial charge in [0.2, 0.25) is 0 Å². The number of Topliss-reactive ketones (excluding diaryl/α,β-unsaturated/α-hetero) is 1. The second kappa shape index (κ2) is 14.7. The van der Waals surface area contributed by atoms with Gasteiger partial charge in [-0.3, -0.25) is 9.59 Å². The number of nitrogens with zero attached hydrogens (tertiary/aromatic N) is 2. The Morgan fingerprint density at radius 3 is 2.30 bits per heavy atom. The number of amides is 1. The number of likely N-dealkylation sites (N-methyl/N-ethyl adjacent to an activating group) is 1. The summed E-state index contributed by atoms with van der Waals surface area (Å²) in [6.45, 7) is 13.3. The lowest BCUT2D eigenvalue weighted by molar-refractivity contribution is -0.140. The van der Waals surface area contributed by atoms with Crippen molar-refractivity contribution in [3.8, 4) is 17.2 Å². The van der Waals surface area contributed by atoms with Crippen molar-refractivity contribution < 1.29 is 28.9 Å². The molecule has 1 aliphatic rings. The smallest absolute Gasteiger partial charge is 0.295 e. The highest BCUT2D eigenvalue weighted by Crippen LogP contribution is 2.42. The topological polar surface area (TPSA) is 88.5 Å². The number of hydrogen-bond acceptors (Lipinski definition) is 7. The first-order chi connectivity index (χ1) is 19.2. The minimum atomic E-state index is -0.773. The molecule has 1 N–H and O–H groups in total.